The van der Waals surface area contributed by atoms with E-state index in [0.717, 1.165) is 0 Å². The van der Waals surface area contributed by atoms with Crippen molar-refractivity contribution >= 4 is 23.4 Å². The third-order valence-electron chi connectivity index (χ3n) is 1.74. The van der Waals surface area contributed by atoms with Crippen molar-refractivity contribution in [2.24, 2.45) is 5.41 Å². The number of rotatable bonds is 4. The largest absolute Gasteiger partial charge is 0.354 e. The van der Waals surface area contributed by atoms with Gasteiger partial charge in [-0.3, -0.25) is 9.59 Å². The van der Waals surface area contributed by atoms with Crippen molar-refractivity contribution in [1.82, 2.24) is 10.2 Å². The van der Waals surface area contributed by atoms with Crippen LogP contribution in [0.15, 0.2) is 0 Å². The van der Waals surface area contributed by atoms with Crippen LogP contribution in [-0.2, 0) is 9.59 Å². The molecular formula is C10H19ClN2O2. The van der Waals surface area contributed by atoms with Crippen molar-refractivity contribution in [2.75, 3.05) is 26.0 Å². The topological polar surface area (TPSA) is 49.4 Å². The van der Waals surface area contributed by atoms with E-state index in [9.17, 15) is 9.59 Å². The maximum Gasteiger partial charge on any atom is 0.239 e. The van der Waals surface area contributed by atoms with Gasteiger partial charge in [0.05, 0.1) is 6.54 Å². The molecule has 0 aromatic rings. The first-order valence-electron chi connectivity index (χ1n) is 4.83. The zero-order valence-corrected chi connectivity index (χ0v) is 10.5. The van der Waals surface area contributed by atoms with Crippen LogP contribution >= 0.6 is 11.6 Å². The van der Waals surface area contributed by atoms with Crippen molar-refractivity contribution in [3.63, 3.8) is 0 Å². The molecule has 0 heterocycles. The Morgan fingerprint density at radius 3 is 2.27 bits per heavy atom. The molecule has 0 atom stereocenters. The number of nitrogens with one attached hydrogen (secondary N) is 1. The number of hydrogen-bond acceptors (Lipinski definition) is 2. The average molecular weight is 235 g/mol. The molecule has 0 unspecified atom stereocenters. The molecule has 0 aromatic carbocycles. The smallest absolute Gasteiger partial charge is 0.239 e. The Balaban J connectivity index is 3.89. The van der Waals surface area contributed by atoms with Crippen molar-refractivity contribution in [3.8, 4) is 0 Å². The molecule has 0 bridgehead atoms. The number of hydrogen-bond donors (Lipinski definition) is 1. The van der Waals surface area contributed by atoms with Crippen LogP contribution in [0.3, 0.4) is 0 Å². The van der Waals surface area contributed by atoms with Crippen LogP contribution in [0.25, 0.3) is 0 Å². The average Bonchev–Trinajstić information content (AvgIpc) is 2.12. The monoisotopic (exact) mass is 234 g/mol. The van der Waals surface area contributed by atoms with Gasteiger partial charge in [0.1, 0.15) is 5.88 Å². The van der Waals surface area contributed by atoms with E-state index in [0.29, 0.717) is 6.54 Å². The van der Waals surface area contributed by atoms with Gasteiger partial charge in [-0.2, -0.15) is 0 Å². The predicted molar refractivity (Wildman–Crippen MR) is 60.8 cm³/mol. The first-order valence-corrected chi connectivity index (χ1v) is 5.36. The Hall–Kier alpha value is -0.770. The fourth-order valence-electron chi connectivity index (χ4n) is 0.825. The fraction of sp³-hybridized carbons (Fsp3) is 0.800. The molecule has 0 spiro atoms. The number of halogens is 1. The van der Waals surface area contributed by atoms with E-state index in [1.54, 1.807) is 7.05 Å². The van der Waals surface area contributed by atoms with Crippen molar-refractivity contribution in [2.45, 2.75) is 20.8 Å². The van der Waals surface area contributed by atoms with Gasteiger partial charge < -0.3 is 10.2 Å². The van der Waals surface area contributed by atoms with E-state index in [2.05, 4.69) is 5.32 Å². The lowest BCUT2D eigenvalue weighted by Crippen LogP contribution is -2.41. The molecule has 4 nitrogen and oxygen atoms in total. The molecule has 0 aromatic heterocycles. The maximum atomic E-state index is 11.4. The molecule has 1 N–H and O–H groups in total. The minimum Gasteiger partial charge on any atom is -0.354 e. The summed E-state index contributed by atoms with van der Waals surface area (Å²) in [5.41, 5.74) is 0.0464. The summed E-state index contributed by atoms with van der Waals surface area (Å²) in [7, 11) is 1.56. The standard InChI is InChI=1S/C10H19ClN2O2/c1-10(2,3)7-12-8(14)6-13(4)9(15)5-11/h5-7H2,1-4H3,(H,12,14). The van der Waals surface area contributed by atoms with Gasteiger partial charge in [-0.25, -0.2) is 0 Å². The Labute approximate surface area is 96.0 Å². The summed E-state index contributed by atoms with van der Waals surface area (Å²) in [6.07, 6.45) is 0. The molecule has 0 saturated carbocycles. The second-order valence-corrected chi connectivity index (χ2v) is 4.99. The van der Waals surface area contributed by atoms with Crippen molar-refractivity contribution in [3.05, 3.63) is 0 Å². The summed E-state index contributed by atoms with van der Waals surface area (Å²) < 4.78 is 0. The molecule has 0 aliphatic rings. The SMILES string of the molecule is CN(CC(=O)NCC(C)(C)C)C(=O)CCl. The van der Waals surface area contributed by atoms with Crippen molar-refractivity contribution in [1.29, 1.82) is 0 Å². The van der Waals surface area contributed by atoms with E-state index in [1.807, 2.05) is 20.8 Å². The van der Waals surface area contributed by atoms with Gasteiger partial charge in [0.15, 0.2) is 0 Å². The lowest BCUT2D eigenvalue weighted by Gasteiger charge is -2.20. The molecule has 0 aliphatic heterocycles. The number of amides is 2. The second-order valence-electron chi connectivity index (χ2n) is 4.72. The molecule has 0 fully saturated rings. The summed E-state index contributed by atoms with van der Waals surface area (Å²) >= 11 is 5.36. The van der Waals surface area contributed by atoms with Crippen LogP contribution in [0.5, 0.6) is 0 Å². The number of alkyl halides is 1. The maximum absolute atomic E-state index is 11.4. The fourth-order valence-corrected chi connectivity index (χ4v) is 1.03. The van der Waals surface area contributed by atoms with E-state index in [1.165, 1.54) is 4.90 Å². The summed E-state index contributed by atoms with van der Waals surface area (Å²) in [6.45, 7) is 6.74. The summed E-state index contributed by atoms with van der Waals surface area (Å²) in [4.78, 5) is 23.7. The molecule has 15 heavy (non-hydrogen) atoms. The molecule has 2 amide bonds. The summed E-state index contributed by atoms with van der Waals surface area (Å²) in [5, 5.41) is 2.76. The lowest BCUT2D eigenvalue weighted by molar-refractivity contribution is -0.132. The van der Waals surface area contributed by atoms with Crippen molar-refractivity contribution < 1.29 is 9.59 Å². The molecule has 0 rings (SSSR count). The number of nitrogens with zero attached hydrogens (tertiary/aromatic N) is 1. The molecule has 5 heteroatoms. The zero-order valence-electron chi connectivity index (χ0n) is 9.76. The van der Waals surface area contributed by atoms with Crippen LogP contribution in [0, 0.1) is 5.41 Å². The molecular weight excluding hydrogens is 216 g/mol. The van der Waals surface area contributed by atoms with Gasteiger partial charge >= 0.3 is 0 Å². The summed E-state index contributed by atoms with van der Waals surface area (Å²) in [6, 6.07) is 0. The Morgan fingerprint density at radius 2 is 1.87 bits per heavy atom. The molecule has 88 valence electrons. The highest BCUT2D eigenvalue weighted by atomic mass is 35.5. The molecule has 0 aliphatic carbocycles. The van der Waals surface area contributed by atoms with Crippen LogP contribution in [0.1, 0.15) is 20.8 Å². The third kappa shape index (κ3) is 7.19. The minimum absolute atomic E-state index is 0.0464. The highest BCUT2D eigenvalue weighted by Crippen LogP contribution is 2.09. The third-order valence-corrected chi connectivity index (χ3v) is 1.97. The number of carbonyl (C=O) groups is 2. The quantitative estimate of drug-likeness (QED) is 0.734. The second kappa shape index (κ2) is 5.95. The van der Waals surface area contributed by atoms with Crippen LogP contribution < -0.4 is 5.32 Å². The van der Waals surface area contributed by atoms with E-state index in [-0.39, 0.29) is 29.7 Å². The van der Waals surface area contributed by atoms with E-state index in [4.69, 9.17) is 11.6 Å². The minimum atomic E-state index is -0.248. The van der Waals surface area contributed by atoms with Gasteiger partial charge in [-0.05, 0) is 5.41 Å². The van der Waals surface area contributed by atoms with Crippen LogP contribution in [0.4, 0.5) is 0 Å². The highest BCUT2D eigenvalue weighted by Gasteiger charge is 2.14. The van der Waals surface area contributed by atoms with Gasteiger partial charge in [0.2, 0.25) is 11.8 Å². The van der Waals surface area contributed by atoms with Gasteiger partial charge in [0.25, 0.3) is 0 Å². The summed E-state index contributed by atoms with van der Waals surface area (Å²) in [5.74, 6) is -0.503. The Morgan fingerprint density at radius 1 is 1.33 bits per heavy atom. The van der Waals surface area contributed by atoms with Crippen LogP contribution in [-0.4, -0.2) is 42.7 Å². The van der Waals surface area contributed by atoms with Gasteiger partial charge in [-0.15, -0.1) is 11.6 Å². The van der Waals surface area contributed by atoms with Crippen LogP contribution in [0.2, 0.25) is 0 Å². The number of likely N-dealkylation sites (N-methyl/N-ethyl adjacent to an activating group) is 1. The van der Waals surface area contributed by atoms with Gasteiger partial charge in [0, 0.05) is 13.6 Å². The number of carbonyl (C=O) groups excluding carboxylic acids is 2. The Bertz CT molecular complexity index is 236. The zero-order chi connectivity index (χ0) is 12.1. The van der Waals surface area contributed by atoms with Gasteiger partial charge in [-0.1, -0.05) is 20.8 Å². The predicted octanol–water partition coefficient (Wildman–Crippen LogP) is 0.846. The molecule has 0 saturated heterocycles. The van der Waals surface area contributed by atoms with E-state index >= 15 is 0 Å². The normalized spacial score (nSPS) is 11.0. The van der Waals surface area contributed by atoms with E-state index < -0.39 is 0 Å². The Kier molecular flexibility index (Phi) is 5.65. The lowest BCUT2D eigenvalue weighted by atomic mass is 9.97. The molecule has 0 radical (unpaired) electrons. The highest BCUT2D eigenvalue weighted by molar-refractivity contribution is 6.27. The first-order chi connectivity index (χ1) is 6.76. The first kappa shape index (κ1) is 14.2.